The quantitative estimate of drug-likeness (QED) is 0.679. The summed E-state index contributed by atoms with van der Waals surface area (Å²) < 4.78 is 6.96. The van der Waals surface area contributed by atoms with Gasteiger partial charge < -0.3 is 19.9 Å². The molecule has 0 spiro atoms. The second-order valence-corrected chi connectivity index (χ2v) is 7.22. The standard InChI is InChI=1S/C22H25N3O3/c1-14(2)12-25-13-19(16-7-5-6-8-17(16)21(25)26)24-22(27)23-18-11-15(3)9-10-20(18)28-4/h5-11,13-14H,12H2,1-4H3,(H2,23,24,27). The molecule has 0 unspecified atom stereocenters. The highest BCUT2D eigenvalue weighted by Crippen LogP contribution is 2.26. The molecular weight excluding hydrogens is 354 g/mol. The second-order valence-electron chi connectivity index (χ2n) is 7.22. The van der Waals surface area contributed by atoms with Crippen LogP contribution in [0.15, 0.2) is 53.5 Å². The summed E-state index contributed by atoms with van der Waals surface area (Å²) in [4.78, 5) is 25.4. The van der Waals surface area contributed by atoms with Gasteiger partial charge in [0.1, 0.15) is 5.75 Å². The fourth-order valence-corrected chi connectivity index (χ4v) is 3.17. The van der Waals surface area contributed by atoms with Crippen molar-refractivity contribution in [2.24, 2.45) is 5.92 Å². The third-order valence-corrected chi connectivity index (χ3v) is 4.41. The molecule has 146 valence electrons. The van der Waals surface area contributed by atoms with Crippen molar-refractivity contribution in [1.82, 2.24) is 4.57 Å². The molecule has 6 heteroatoms. The summed E-state index contributed by atoms with van der Waals surface area (Å²) in [5.74, 6) is 0.882. The molecule has 2 N–H and O–H groups in total. The number of methoxy groups -OCH3 is 1. The van der Waals surface area contributed by atoms with E-state index in [1.54, 1.807) is 23.9 Å². The maximum Gasteiger partial charge on any atom is 0.323 e. The summed E-state index contributed by atoms with van der Waals surface area (Å²) in [6.45, 7) is 6.61. The number of urea groups is 1. The van der Waals surface area contributed by atoms with Crippen LogP contribution in [0.5, 0.6) is 5.75 Å². The van der Waals surface area contributed by atoms with Gasteiger partial charge in [-0.25, -0.2) is 4.79 Å². The normalized spacial score (nSPS) is 10.9. The Kier molecular flexibility index (Phi) is 5.68. The Labute approximate surface area is 164 Å². The van der Waals surface area contributed by atoms with Crippen LogP contribution in [0, 0.1) is 12.8 Å². The number of amides is 2. The van der Waals surface area contributed by atoms with Gasteiger partial charge in [0, 0.05) is 23.5 Å². The van der Waals surface area contributed by atoms with Crippen molar-refractivity contribution in [3.8, 4) is 5.75 Å². The predicted octanol–water partition coefficient (Wildman–Crippen LogP) is 4.62. The second kappa shape index (κ2) is 8.17. The molecule has 1 heterocycles. The Morgan fingerprint density at radius 3 is 2.43 bits per heavy atom. The first-order chi connectivity index (χ1) is 13.4. The average molecular weight is 379 g/mol. The number of rotatable bonds is 5. The summed E-state index contributed by atoms with van der Waals surface area (Å²) in [6, 6.07) is 12.5. The highest BCUT2D eigenvalue weighted by atomic mass is 16.5. The molecular formula is C22H25N3O3. The van der Waals surface area contributed by atoms with E-state index in [9.17, 15) is 9.59 Å². The molecule has 0 radical (unpaired) electrons. The third-order valence-electron chi connectivity index (χ3n) is 4.41. The van der Waals surface area contributed by atoms with Crippen LogP contribution in [0.25, 0.3) is 10.8 Å². The van der Waals surface area contributed by atoms with Crippen molar-refractivity contribution >= 4 is 28.2 Å². The Hall–Kier alpha value is -3.28. The van der Waals surface area contributed by atoms with Gasteiger partial charge in [-0.3, -0.25) is 4.79 Å². The number of carbonyl (C=O) groups is 1. The van der Waals surface area contributed by atoms with Crippen LogP contribution in [-0.2, 0) is 6.54 Å². The number of aryl methyl sites for hydroxylation is 1. The number of nitrogens with one attached hydrogen (secondary N) is 2. The number of benzene rings is 2. The highest BCUT2D eigenvalue weighted by molar-refractivity contribution is 6.06. The van der Waals surface area contributed by atoms with E-state index < -0.39 is 6.03 Å². The first kappa shape index (κ1) is 19.5. The van der Waals surface area contributed by atoms with E-state index in [1.807, 2.05) is 57.2 Å². The van der Waals surface area contributed by atoms with Crippen LogP contribution in [0.4, 0.5) is 16.2 Å². The van der Waals surface area contributed by atoms with Crippen LogP contribution in [0.1, 0.15) is 19.4 Å². The van der Waals surface area contributed by atoms with Gasteiger partial charge in [-0.1, -0.05) is 38.1 Å². The van der Waals surface area contributed by atoms with Crippen LogP contribution in [-0.4, -0.2) is 17.7 Å². The van der Waals surface area contributed by atoms with Gasteiger partial charge in [0.15, 0.2) is 0 Å². The largest absolute Gasteiger partial charge is 0.495 e. The van der Waals surface area contributed by atoms with Crippen molar-refractivity contribution in [3.05, 3.63) is 64.6 Å². The number of hydrogen-bond donors (Lipinski definition) is 2. The molecule has 0 aliphatic rings. The number of nitrogens with zero attached hydrogens (tertiary/aromatic N) is 1. The van der Waals surface area contributed by atoms with E-state index in [4.69, 9.17) is 4.74 Å². The van der Waals surface area contributed by atoms with Gasteiger partial charge in [-0.15, -0.1) is 0 Å². The molecule has 0 saturated carbocycles. The van der Waals surface area contributed by atoms with E-state index in [1.165, 1.54) is 0 Å². The molecule has 0 saturated heterocycles. The van der Waals surface area contributed by atoms with Crippen molar-refractivity contribution in [3.63, 3.8) is 0 Å². The zero-order valence-electron chi connectivity index (χ0n) is 16.6. The summed E-state index contributed by atoms with van der Waals surface area (Å²) in [5.41, 5.74) is 2.11. The van der Waals surface area contributed by atoms with Crippen molar-refractivity contribution in [2.75, 3.05) is 17.7 Å². The Bertz CT molecular complexity index is 1070. The summed E-state index contributed by atoms with van der Waals surface area (Å²) in [7, 11) is 1.56. The molecule has 1 aromatic heterocycles. The van der Waals surface area contributed by atoms with Gasteiger partial charge in [0.25, 0.3) is 5.56 Å². The number of carbonyl (C=O) groups excluding carboxylic acids is 1. The molecule has 28 heavy (non-hydrogen) atoms. The van der Waals surface area contributed by atoms with Crippen molar-refractivity contribution in [2.45, 2.75) is 27.3 Å². The zero-order valence-corrected chi connectivity index (χ0v) is 16.6. The lowest BCUT2D eigenvalue weighted by Crippen LogP contribution is -2.25. The third kappa shape index (κ3) is 4.17. The van der Waals surface area contributed by atoms with Gasteiger partial charge in [0.2, 0.25) is 0 Å². The number of pyridine rings is 1. The fraction of sp³-hybridized carbons (Fsp3) is 0.273. The summed E-state index contributed by atoms with van der Waals surface area (Å²) in [5, 5.41) is 6.99. The number of anilines is 2. The number of aromatic nitrogens is 1. The van der Waals surface area contributed by atoms with Gasteiger partial charge in [-0.2, -0.15) is 0 Å². The van der Waals surface area contributed by atoms with Crippen LogP contribution in [0.2, 0.25) is 0 Å². The molecule has 3 aromatic rings. The minimum atomic E-state index is -0.399. The number of fused-ring (bicyclic) bond motifs is 1. The fourth-order valence-electron chi connectivity index (χ4n) is 3.17. The van der Waals surface area contributed by atoms with Gasteiger partial charge >= 0.3 is 6.03 Å². The first-order valence-corrected chi connectivity index (χ1v) is 9.24. The summed E-state index contributed by atoms with van der Waals surface area (Å²) >= 11 is 0. The minimum Gasteiger partial charge on any atom is -0.495 e. The van der Waals surface area contributed by atoms with Crippen molar-refractivity contribution < 1.29 is 9.53 Å². The van der Waals surface area contributed by atoms with Gasteiger partial charge in [0.05, 0.1) is 18.5 Å². The van der Waals surface area contributed by atoms with E-state index >= 15 is 0 Å². The van der Waals surface area contributed by atoms with E-state index in [2.05, 4.69) is 10.6 Å². The smallest absolute Gasteiger partial charge is 0.323 e. The Morgan fingerprint density at radius 1 is 1.07 bits per heavy atom. The zero-order chi connectivity index (χ0) is 20.3. The lowest BCUT2D eigenvalue weighted by Gasteiger charge is -2.16. The Morgan fingerprint density at radius 2 is 1.75 bits per heavy atom. The minimum absolute atomic E-state index is 0.0596. The maximum atomic E-state index is 12.7. The van der Waals surface area contributed by atoms with Crippen LogP contribution in [0.3, 0.4) is 0 Å². The monoisotopic (exact) mass is 379 g/mol. The molecule has 2 amide bonds. The van der Waals surface area contributed by atoms with E-state index in [0.717, 1.165) is 5.56 Å². The lowest BCUT2D eigenvalue weighted by molar-refractivity contribution is 0.262. The lowest BCUT2D eigenvalue weighted by atomic mass is 10.1. The highest BCUT2D eigenvalue weighted by Gasteiger charge is 2.13. The van der Waals surface area contributed by atoms with E-state index in [0.29, 0.717) is 40.4 Å². The van der Waals surface area contributed by atoms with Crippen molar-refractivity contribution in [1.29, 1.82) is 0 Å². The SMILES string of the molecule is COc1ccc(C)cc1NC(=O)Nc1cn(CC(C)C)c(=O)c2ccccc12. The first-order valence-electron chi connectivity index (χ1n) is 9.24. The van der Waals surface area contributed by atoms with Gasteiger partial charge in [-0.05, 0) is 36.6 Å². The molecule has 0 bridgehead atoms. The molecule has 0 aliphatic carbocycles. The predicted molar refractivity (Wildman–Crippen MR) is 113 cm³/mol. The molecule has 6 nitrogen and oxygen atoms in total. The van der Waals surface area contributed by atoms with Crippen LogP contribution >= 0.6 is 0 Å². The Balaban J connectivity index is 1.95. The summed E-state index contributed by atoms with van der Waals surface area (Å²) in [6.07, 6.45) is 1.71. The number of ether oxygens (including phenoxy) is 1. The molecule has 2 aromatic carbocycles. The molecule has 3 rings (SSSR count). The molecule has 0 aliphatic heterocycles. The maximum absolute atomic E-state index is 12.7. The average Bonchev–Trinajstić information content (AvgIpc) is 2.65. The molecule has 0 atom stereocenters. The molecule has 0 fully saturated rings. The topological polar surface area (TPSA) is 72.4 Å². The number of hydrogen-bond acceptors (Lipinski definition) is 3. The van der Waals surface area contributed by atoms with Crippen LogP contribution < -0.4 is 20.9 Å². The van der Waals surface area contributed by atoms with E-state index in [-0.39, 0.29) is 5.56 Å².